The van der Waals surface area contributed by atoms with E-state index in [9.17, 15) is 13.6 Å². The number of nitrogens with zero attached hydrogens (tertiary/aromatic N) is 2. The average molecular weight is 377 g/mol. The number of nitrogen functional groups attached to an aromatic ring is 1. The van der Waals surface area contributed by atoms with Crippen LogP contribution in [0.3, 0.4) is 0 Å². The van der Waals surface area contributed by atoms with Gasteiger partial charge in [0, 0.05) is 23.6 Å². The molecule has 1 aliphatic carbocycles. The van der Waals surface area contributed by atoms with E-state index >= 15 is 0 Å². The van der Waals surface area contributed by atoms with E-state index < -0.39 is 5.41 Å². The molecular weight excluding hydrogens is 360 g/mol. The molecule has 0 unspecified atom stereocenters. The van der Waals surface area contributed by atoms with Crippen LogP contribution in [-0.2, 0) is 16.6 Å². The molecule has 2 aromatic carbocycles. The van der Waals surface area contributed by atoms with Gasteiger partial charge in [-0.1, -0.05) is 36.4 Å². The molecule has 4 nitrogen and oxygen atoms in total. The van der Waals surface area contributed by atoms with Crippen molar-refractivity contribution in [1.82, 2.24) is 9.78 Å². The monoisotopic (exact) mass is 377 g/mol. The third-order valence-electron chi connectivity index (χ3n) is 5.05. The molecule has 6 heteroatoms. The number of halogens is 2. The van der Waals surface area contributed by atoms with Crippen LogP contribution in [0.4, 0.5) is 14.6 Å². The third-order valence-corrected chi connectivity index (χ3v) is 5.05. The molecule has 0 fully saturated rings. The largest absolute Gasteiger partial charge is 0.382 e. The Balaban J connectivity index is 1.95. The fourth-order valence-corrected chi connectivity index (χ4v) is 3.74. The second kappa shape index (κ2) is 6.88. The molecule has 0 spiro atoms. The molecule has 0 bridgehead atoms. The summed E-state index contributed by atoms with van der Waals surface area (Å²) in [5, 5.41) is 4.27. The summed E-state index contributed by atoms with van der Waals surface area (Å²) in [6, 6.07) is 12.5. The van der Waals surface area contributed by atoms with E-state index in [0.29, 0.717) is 29.7 Å². The summed E-state index contributed by atoms with van der Waals surface area (Å²) in [5.74, 6) is -0.420. The number of hydrogen-bond donors (Lipinski definition) is 1. The Kier molecular flexibility index (Phi) is 4.39. The van der Waals surface area contributed by atoms with Gasteiger partial charge < -0.3 is 5.73 Å². The van der Waals surface area contributed by atoms with Crippen molar-refractivity contribution in [3.05, 3.63) is 94.7 Å². The number of fused-ring (bicyclic) bond motifs is 1. The Morgan fingerprint density at radius 2 is 1.71 bits per heavy atom. The number of carbonyl (C=O) groups excluding carboxylic acids is 1. The predicted octanol–water partition coefficient (Wildman–Crippen LogP) is 3.97. The summed E-state index contributed by atoms with van der Waals surface area (Å²) in [7, 11) is 0. The molecule has 140 valence electrons. The van der Waals surface area contributed by atoms with Crippen LogP contribution in [0.5, 0.6) is 0 Å². The number of carbonyl (C=O) groups is 1. The first-order valence-electron chi connectivity index (χ1n) is 8.73. The van der Waals surface area contributed by atoms with Crippen LogP contribution < -0.4 is 5.73 Å². The summed E-state index contributed by atoms with van der Waals surface area (Å²) in [5.41, 5.74) is 8.08. The maximum absolute atomic E-state index is 14.0. The van der Waals surface area contributed by atoms with E-state index in [4.69, 9.17) is 5.73 Å². The minimum absolute atomic E-state index is 0.328. The fraction of sp³-hybridized carbons (Fsp3) is 0.0909. The molecule has 0 saturated heterocycles. The number of nitrogens with two attached hydrogens (primary N) is 1. The van der Waals surface area contributed by atoms with Crippen molar-refractivity contribution in [2.45, 2.75) is 11.8 Å². The van der Waals surface area contributed by atoms with Gasteiger partial charge in [0.05, 0.1) is 5.69 Å². The summed E-state index contributed by atoms with van der Waals surface area (Å²) >= 11 is 0. The Hall–Kier alpha value is -3.54. The highest BCUT2D eigenvalue weighted by Crippen LogP contribution is 2.43. The number of benzene rings is 2. The van der Waals surface area contributed by atoms with Gasteiger partial charge in [0.2, 0.25) is 0 Å². The Morgan fingerprint density at radius 3 is 2.29 bits per heavy atom. The van der Waals surface area contributed by atoms with Crippen LogP contribution in [-0.4, -0.2) is 16.1 Å². The van der Waals surface area contributed by atoms with E-state index in [1.807, 2.05) is 24.3 Å². The van der Waals surface area contributed by atoms with Crippen LogP contribution in [0, 0.1) is 11.6 Å². The summed E-state index contributed by atoms with van der Waals surface area (Å²) in [6.45, 7) is 0. The Labute approximate surface area is 160 Å². The molecule has 0 saturated carbocycles. The molecule has 2 N–H and O–H groups in total. The lowest BCUT2D eigenvalue weighted by molar-refractivity contribution is -0.104. The maximum Gasteiger partial charge on any atom is 0.153 e. The smallest absolute Gasteiger partial charge is 0.153 e. The van der Waals surface area contributed by atoms with Gasteiger partial charge >= 0.3 is 0 Å². The lowest BCUT2D eigenvalue weighted by Gasteiger charge is -2.35. The van der Waals surface area contributed by atoms with Gasteiger partial charge in [0.25, 0.3) is 0 Å². The first-order valence-corrected chi connectivity index (χ1v) is 8.73. The summed E-state index contributed by atoms with van der Waals surface area (Å²) in [6.07, 6.45) is 7.59. The molecule has 28 heavy (non-hydrogen) atoms. The van der Waals surface area contributed by atoms with E-state index in [2.05, 4.69) is 5.10 Å². The lowest BCUT2D eigenvalue weighted by Crippen LogP contribution is -2.31. The van der Waals surface area contributed by atoms with Crippen molar-refractivity contribution in [1.29, 1.82) is 0 Å². The normalized spacial score (nSPS) is 14.9. The Morgan fingerprint density at radius 1 is 1.07 bits per heavy atom. The van der Waals surface area contributed by atoms with E-state index in [1.54, 1.807) is 12.1 Å². The van der Waals surface area contributed by atoms with Crippen molar-refractivity contribution < 1.29 is 13.6 Å². The van der Waals surface area contributed by atoms with Gasteiger partial charge in [0.15, 0.2) is 5.82 Å². The second-order valence-electron chi connectivity index (χ2n) is 6.67. The van der Waals surface area contributed by atoms with Crippen molar-refractivity contribution in [3.8, 4) is 0 Å². The van der Waals surface area contributed by atoms with Crippen LogP contribution in [0.25, 0.3) is 12.3 Å². The van der Waals surface area contributed by atoms with Crippen molar-refractivity contribution in [2.24, 2.45) is 0 Å². The van der Waals surface area contributed by atoms with Crippen molar-refractivity contribution in [2.75, 3.05) is 5.73 Å². The molecule has 0 aliphatic heterocycles. The molecule has 1 heterocycles. The van der Waals surface area contributed by atoms with Crippen LogP contribution in [0.2, 0.25) is 0 Å². The number of aromatic nitrogens is 2. The molecule has 4 rings (SSSR count). The second-order valence-corrected chi connectivity index (χ2v) is 6.67. The maximum atomic E-state index is 14.0. The summed E-state index contributed by atoms with van der Waals surface area (Å²) < 4.78 is 29.6. The minimum atomic E-state index is -0.809. The zero-order valence-electron chi connectivity index (χ0n) is 14.8. The quantitative estimate of drug-likeness (QED) is 0.553. The van der Waals surface area contributed by atoms with Crippen molar-refractivity contribution in [3.63, 3.8) is 0 Å². The van der Waals surface area contributed by atoms with Gasteiger partial charge in [-0.15, -0.1) is 0 Å². The van der Waals surface area contributed by atoms with E-state index in [0.717, 1.165) is 11.3 Å². The third kappa shape index (κ3) is 2.93. The SMILES string of the molecule is Nc1nn(C=CC=O)c2c1C=CC(c1cccc(F)c1)(c1cccc(F)c1)C2. The predicted molar refractivity (Wildman–Crippen MR) is 104 cm³/mol. The fourth-order valence-electron chi connectivity index (χ4n) is 3.74. The van der Waals surface area contributed by atoms with Gasteiger partial charge in [-0.3, -0.25) is 4.79 Å². The minimum Gasteiger partial charge on any atom is -0.382 e. The first-order chi connectivity index (χ1) is 13.5. The van der Waals surface area contributed by atoms with Gasteiger partial charge in [-0.25, -0.2) is 13.5 Å². The standard InChI is InChI=1S/C22H17F2N3O/c23-17-6-1-4-15(12-17)22(16-5-2-7-18(24)13-16)9-8-19-20(14-22)27(10-3-11-28)26-21(19)25/h1-13H,14H2,(H2,25,26). The molecule has 3 aromatic rings. The molecule has 0 radical (unpaired) electrons. The first kappa shape index (κ1) is 17.9. The van der Waals surface area contributed by atoms with Crippen LogP contribution in [0.15, 0.2) is 60.7 Å². The van der Waals surface area contributed by atoms with Gasteiger partial charge in [-0.05, 0) is 41.5 Å². The number of aldehydes is 1. The van der Waals surface area contributed by atoms with Crippen LogP contribution in [0.1, 0.15) is 22.4 Å². The lowest BCUT2D eigenvalue weighted by atomic mass is 9.68. The molecule has 0 atom stereocenters. The molecule has 0 amide bonds. The highest BCUT2D eigenvalue weighted by atomic mass is 19.1. The van der Waals surface area contributed by atoms with Crippen LogP contribution >= 0.6 is 0 Å². The number of anilines is 1. The van der Waals surface area contributed by atoms with E-state index in [-0.39, 0.29) is 11.6 Å². The summed E-state index contributed by atoms with van der Waals surface area (Å²) in [4.78, 5) is 10.7. The van der Waals surface area contributed by atoms with Crippen molar-refractivity contribution >= 4 is 24.4 Å². The highest BCUT2D eigenvalue weighted by molar-refractivity contribution is 5.73. The average Bonchev–Trinajstić information content (AvgIpc) is 3.01. The zero-order valence-corrected chi connectivity index (χ0v) is 14.8. The van der Waals surface area contributed by atoms with E-state index in [1.165, 1.54) is 41.2 Å². The Bertz CT molecular complexity index is 1070. The molecule has 1 aromatic heterocycles. The zero-order chi connectivity index (χ0) is 19.7. The molecular formula is C22H17F2N3O. The number of allylic oxidation sites excluding steroid dienone is 2. The molecule has 1 aliphatic rings. The topological polar surface area (TPSA) is 60.9 Å². The number of rotatable bonds is 4. The highest BCUT2D eigenvalue weighted by Gasteiger charge is 2.37. The number of hydrogen-bond acceptors (Lipinski definition) is 3. The van der Waals surface area contributed by atoms with Gasteiger partial charge in [0.1, 0.15) is 17.9 Å². The van der Waals surface area contributed by atoms with Gasteiger partial charge in [-0.2, -0.15) is 5.10 Å².